The molecule has 0 saturated carbocycles. The minimum Gasteiger partial charge on any atom is -0.397 e. The molecule has 0 bridgehead atoms. The highest BCUT2D eigenvalue weighted by Crippen LogP contribution is 2.22. The molecule has 104 valence electrons. The molecule has 1 aromatic rings. The van der Waals surface area contributed by atoms with E-state index in [2.05, 4.69) is 5.32 Å². The van der Waals surface area contributed by atoms with E-state index < -0.39 is 5.82 Å². The number of benzene rings is 1. The molecular weight excluding hydrogens is 247 g/mol. The van der Waals surface area contributed by atoms with E-state index in [0.717, 1.165) is 25.9 Å². The highest BCUT2D eigenvalue weighted by Gasteiger charge is 2.16. The first-order chi connectivity index (χ1) is 9.16. The van der Waals surface area contributed by atoms with Gasteiger partial charge in [0.1, 0.15) is 11.5 Å². The largest absolute Gasteiger partial charge is 0.397 e. The molecule has 1 aromatic carbocycles. The fraction of sp³-hybridized carbons (Fsp3) is 0.500. The molecule has 2 rings (SSSR count). The molecule has 4 nitrogen and oxygen atoms in total. The standard InChI is InChI=1S/C14H19FN2O2/c15-11-5-3-6-12(16)14(11)17-13(18)8-7-10-4-1-2-9-19-10/h3,5-6,10H,1-2,4,7-9,16H2,(H,17,18). The van der Waals surface area contributed by atoms with Crippen LogP contribution in [0, 0.1) is 5.82 Å². The molecule has 3 N–H and O–H groups in total. The van der Waals surface area contributed by atoms with Gasteiger partial charge in [-0.15, -0.1) is 0 Å². The third kappa shape index (κ3) is 3.92. The van der Waals surface area contributed by atoms with Gasteiger partial charge in [0.2, 0.25) is 5.91 Å². The average Bonchev–Trinajstić information content (AvgIpc) is 2.42. The van der Waals surface area contributed by atoms with E-state index in [-0.39, 0.29) is 23.4 Å². The van der Waals surface area contributed by atoms with Crippen molar-refractivity contribution in [2.75, 3.05) is 17.7 Å². The van der Waals surface area contributed by atoms with Crippen molar-refractivity contribution in [1.29, 1.82) is 0 Å². The van der Waals surface area contributed by atoms with Gasteiger partial charge in [-0.3, -0.25) is 4.79 Å². The summed E-state index contributed by atoms with van der Waals surface area (Å²) in [6, 6.07) is 4.34. The zero-order valence-corrected chi connectivity index (χ0v) is 10.8. The molecule has 0 aliphatic carbocycles. The van der Waals surface area contributed by atoms with Crippen molar-refractivity contribution in [3.8, 4) is 0 Å². The van der Waals surface area contributed by atoms with Crippen LogP contribution in [-0.4, -0.2) is 18.6 Å². The molecule has 1 aliphatic heterocycles. The number of carbonyl (C=O) groups is 1. The number of halogens is 1. The summed E-state index contributed by atoms with van der Waals surface area (Å²) in [7, 11) is 0. The van der Waals surface area contributed by atoms with Gasteiger partial charge in [0, 0.05) is 13.0 Å². The number of nitrogens with two attached hydrogens (primary N) is 1. The van der Waals surface area contributed by atoms with Gasteiger partial charge in [0.05, 0.1) is 11.8 Å². The summed E-state index contributed by atoms with van der Waals surface area (Å²) in [5.41, 5.74) is 5.93. The topological polar surface area (TPSA) is 64.3 Å². The zero-order chi connectivity index (χ0) is 13.7. The maximum Gasteiger partial charge on any atom is 0.224 e. The predicted octanol–water partition coefficient (Wildman–Crippen LogP) is 2.70. The van der Waals surface area contributed by atoms with Crippen molar-refractivity contribution in [3.63, 3.8) is 0 Å². The van der Waals surface area contributed by atoms with E-state index in [1.807, 2.05) is 0 Å². The number of hydrogen-bond acceptors (Lipinski definition) is 3. The molecule has 0 aromatic heterocycles. The summed E-state index contributed by atoms with van der Waals surface area (Å²) in [6.07, 6.45) is 4.37. The molecule has 1 fully saturated rings. The van der Waals surface area contributed by atoms with Gasteiger partial charge in [0.15, 0.2) is 0 Å². The quantitative estimate of drug-likeness (QED) is 0.823. The number of ether oxygens (including phenoxy) is 1. The Morgan fingerprint density at radius 2 is 2.32 bits per heavy atom. The van der Waals surface area contributed by atoms with Gasteiger partial charge < -0.3 is 15.8 Å². The molecule has 5 heteroatoms. The Hall–Kier alpha value is -1.62. The molecule has 1 atom stereocenters. The average molecular weight is 266 g/mol. The van der Waals surface area contributed by atoms with Crippen molar-refractivity contribution < 1.29 is 13.9 Å². The van der Waals surface area contributed by atoms with E-state index in [1.165, 1.54) is 12.1 Å². The summed E-state index contributed by atoms with van der Waals surface area (Å²) in [6.45, 7) is 0.770. The molecule has 1 heterocycles. The highest BCUT2D eigenvalue weighted by molar-refractivity contribution is 5.93. The number of para-hydroxylation sites is 1. The monoisotopic (exact) mass is 266 g/mol. The van der Waals surface area contributed by atoms with E-state index in [1.54, 1.807) is 6.07 Å². The van der Waals surface area contributed by atoms with Crippen LogP contribution in [0.25, 0.3) is 0 Å². The Labute approximate surface area is 112 Å². The lowest BCUT2D eigenvalue weighted by atomic mass is 10.0. The molecule has 1 amide bonds. The predicted molar refractivity (Wildman–Crippen MR) is 72.3 cm³/mol. The molecule has 0 radical (unpaired) electrons. The number of hydrogen-bond donors (Lipinski definition) is 2. The normalized spacial score (nSPS) is 19.1. The van der Waals surface area contributed by atoms with E-state index >= 15 is 0 Å². The van der Waals surface area contributed by atoms with Crippen LogP contribution in [0.1, 0.15) is 32.1 Å². The van der Waals surface area contributed by atoms with Crippen LogP contribution in [0.2, 0.25) is 0 Å². The fourth-order valence-electron chi connectivity index (χ4n) is 2.20. The Morgan fingerprint density at radius 3 is 3.00 bits per heavy atom. The first-order valence-corrected chi connectivity index (χ1v) is 6.62. The van der Waals surface area contributed by atoms with Crippen LogP contribution in [0.4, 0.5) is 15.8 Å². The number of carbonyl (C=O) groups excluding carboxylic acids is 1. The van der Waals surface area contributed by atoms with Crippen LogP contribution in [0.5, 0.6) is 0 Å². The number of nitrogens with one attached hydrogen (secondary N) is 1. The van der Waals surface area contributed by atoms with Crippen LogP contribution < -0.4 is 11.1 Å². The Bertz CT molecular complexity index is 425. The number of amides is 1. The van der Waals surface area contributed by atoms with Crippen LogP contribution in [-0.2, 0) is 9.53 Å². The van der Waals surface area contributed by atoms with Gasteiger partial charge in [0.25, 0.3) is 0 Å². The maximum atomic E-state index is 13.5. The number of rotatable bonds is 4. The third-order valence-corrected chi connectivity index (χ3v) is 3.28. The Morgan fingerprint density at radius 1 is 1.47 bits per heavy atom. The van der Waals surface area contributed by atoms with Crippen LogP contribution in [0.3, 0.4) is 0 Å². The fourth-order valence-corrected chi connectivity index (χ4v) is 2.20. The lowest BCUT2D eigenvalue weighted by Crippen LogP contribution is -2.22. The molecule has 0 spiro atoms. The van der Waals surface area contributed by atoms with Crippen molar-refractivity contribution >= 4 is 17.3 Å². The van der Waals surface area contributed by atoms with Crippen molar-refractivity contribution in [3.05, 3.63) is 24.0 Å². The number of nitrogen functional groups attached to an aromatic ring is 1. The van der Waals surface area contributed by atoms with Gasteiger partial charge in [-0.2, -0.15) is 0 Å². The summed E-state index contributed by atoms with van der Waals surface area (Å²) in [5, 5.41) is 2.52. The molecule has 1 unspecified atom stereocenters. The summed E-state index contributed by atoms with van der Waals surface area (Å²) < 4.78 is 19.0. The lowest BCUT2D eigenvalue weighted by molar-refractivity contribution is -0.117. The molecular formula is C14H19FN2O2. The van der Waals surface area contributed by atoms with Gasteiger partial charge >= 0.3 is 0 Å². The van der Waals surface area contributed by atoms with E-state index in [9.17, 15) is 9.18 Å². The molecule has 19 heavy (non-hydrogen) atoms. The van der Waals surface area contributed by atoms with Crippen LogP contribution in [0.15, 0.2) is 18.2 Å². The maximum absolute atomic E-state index is 13.5. The summed E-state index contributed by atoms with van der Waals surface area (Å²) >= 11 is 0. The first-order valence-electron chi connectivity index (χ1n) is 6.62. The minimum absolute atomic E-state index is 0.0667. The van der Waals surface area contributed by atoms with Gasteiger partial charge in [-0.05, 0) is 37.8 Å². The van der Waals surface area contributed by atoms with Gasteiger partial charge in [-0.1, -0.05) is 6.07 Å². The van der Waals surface area contributed by atoms with Crippen LogP contribution >= 0.6 is 0 Å². The van der Waals surface area contributed by atoms with Crippen molar-refractivity contribution in [2.45, 2.75) is 38.2 Å². The van der Waals surface area contributed by atoms with Crippen molar-refractivity contribution in [1.82, 2.24) is 0 Å². The second kappa shape index (κ2) is 6.52. The highest BCUT2D eigenvalue weighted by atomic mass is 19.1. The third-order valence-electron chi connectivity index (χ3n) is 3.28. The van der Waals surface area contributed by atoms with Crippen molar-refractivity contribution in [2.24, 2.45) is 0 Å². The lowest BCUT2D eigenvalue weighted by Gasteiger charge is -2.22. The molecule has 1 saturated heterocycles. The Balaban J connectivity index is 1.83. The van der Waals surface area contributed by atoms with Gasteiger partial charge in [-0.25, -0.2) is 4.39 Å². The smallest absolute Gasteiger partial charge is 0.224 e. The van der Waals surface area contributed by atoms with E-state index in [0.29, 0.717) is 12.8 Å². The minimum atomic E-state index is -0.512. The summed E-state index contributed by atoms with van der Waals surface area (Å²) in [5.74, 6) is -0.742. The van der Waals surface area contributed by atoms with E-state index in [4.69, 9.17) is 10.5 Å². The zero-order valence-electron chi connectivity index (χ0n) is 10.8. The second-order valence-electron chi connectivity index (χ2n) is 4.78. The molecule has 1 aliphatic rings. The second-order valence-corrected chi connectivity index (χ2v) is 4.78. The first kappa shape index (κ1) is 13.8. The summed E-state index contributed by atoms with van der Waals surface area (Å²) in [4.78, 5) is 11.8. The SMILES string of the molecule is Nc1cccc(F)c1NC(=O)CCC1CCCCO1. The Kier molecular flexibility index (Phi) is 4.74. The number of anilines is 2.